The van der Waals surface area contributed by atoms with Crippen molar-refractivity contribution in [3.05, 3.63) is 36.4 Å². The minimum atomic E-state index is -0.396. The van der Waals surface area contributed by atoms with Gasteiger partial charge in [-0.25, -0.2) is 15.0 Å². The summed E-state index contributed by atoms with van der Waals surface area (Å²) in [7, 11) is 1.97. The number of aliphatic hydroxyl groups excluding tert-OH is 2. The second-order valence-corrected chi connectivity index (χ2v) is 7.94. The molecule has 9 heteroatoms. The van der Waals surface area contributed by atoms with Gasteiger partial charge in [0.2, 0.25) is 6.79 Å². The second-order valence-electron chi connectivity index (χ2n) is 7.94. The number of anilines is 1. The second kappa shape index (κ2) is 6.85. The van der Waals surface area contributed by atoms with Crippen molar-refractivity contribution in [1.29, 1.82) is 0 Å². The topological polar surface area (TPSA) is 106 Å². The molecule has 0 spiro atoms. The minimum absolute atomic E-state index is 0.00880. The predicted octanol–water partition coefficient (Wildman–Crippen LogP) is 1.50. The molecule has 29 heavy (non-hydrogen) atoms. The molecule has 1 aliphatic heterocycles. The lowest BCUT2D eigenvalue weighted by molar-refractivity contribution is -0.0421. The number of ether oxygens (including phenoxy) is 2. The SMILES string of the molecule is CN(Cc1ccc2c(c1)OCO2)c1ncnc2c1ncn2C1CC(CO)(CO)C1. The Bertz CT molecular complexity index is 1040. The highest BCUT2D eigenvalue weighted by molar-refractivity contribution is 5.83. The van der Waals surface area contributed by atoms with E-state index in [9.17, 15) is 10.2 Å². The van der Waals surface area contributed by atoms with E-state index in [1.54, 1.807) is 12.7 Å². The van der Waals surface area contributed by atoms with Crippen LogP contribution in [0.2, 0.25) is 0 Å². The van der Waals surface area contributed by atoms with Crippen molar-refractivity contribution in [1.82, 2.24) is 19.5 Å². The molecule has 2 aliphatic rings. The summed E-state index contributed by atoms with van der Waals surface area (Å²) in [6.07, 6.45) is 4.74. The van der Waals surface area contributed by atoms with Crippen LogP contribution in [0.25, 0.3) is 11.2 Å². The summed E-state index contributed by atoms with van der Waals surface area (Å²) < 4.78 is 12.9. The molecular formula is C20H23N5O4. The van der Waals surface area contributed by atoms with Gasteiger partial charge in [-0.3, -0.25) is 0 Å². The Morgan fingerprint density at radius 1 is 1.14 bits per heavy atom. The van der Waals surface area contributed by atoms with E-state index in [0.717, 1.165) is 34.0 Å². The lowest BCUT2D eigenvalue weighted by Crippen LogP contribution is -2.44. The molecule has 1 fully saturated rings. The smallest absolute Gasteiger partial charge is 0.231 e. The number of rotatable bonds is 6. The average Bonchev–Trinajstić information content (AvgIpc) is 3.34. The van der Waals surface area contributed by atoms with Gasteiger partial charge in [0, 0.05) is 25.0 Å². The zero-order valence-corrected chi connectivity index (χ0v) is 16.2. The Hall–Kier alpha value is -2.91. The molecule has 0 radical (unpaired) electrons. The van der Waals surface area contributed by atoms with Gasteiger partial charge in [0.15, 0.2) is 28.5 Å². The standard InChI is InChI=1S/C20H23N5O4/c1-24(7-13-2-3-15-16(4-13)29-12-28-15)18-17-19(22-10-21-18)25(11-23-17)14-5-20(6-14,8-26)9-27/h2-4,10-11,14,26-27H,5-9,12H2,1H3. The van der Waals surface area contributed by atoms with E-state index < -0.39 is 5.41 Å². The summed E-state index contributed by atoms with van der Waals surface area (Å²) in [6, 6.07) is 6.08. The van der Waals surface area contributed by atoms with Crippen LogP contribution < -0.4 is 14.4 Å². The van der Waals surface area contributed by atoms with Crippen LogP contribution in [0, 0.1) is 5.41 Å². The molecule has 9 nitrogen and oxygen atoms in total. The summed E-state index contributed by atoms with van der Waals surface area (Å²) in [5.74, 6) is 2.28. The van der Waals surface area contributed by atoms with E-state index in [1.165, 1.54) is 0 Å². The van der Waals surface area contributed by atoms with E-state index in [2.05, 4.69) is 15.0 Å². The van der Waals surface area contributed by atoms with Gasteiger partial charge < -0.3 is 29.2 Å². The Morgan fingerprint density at radius 2 is 1.93 bits per heavy atom. The maximum absolute atomic E-state index is 9.55. The Morgan fingerprint density at radius 3 is 2.72 bits per heavy atom. The van der Waals surface area contributed by atoms with Crippen LogP contribution in [0.15, 0.2) is 30.9 Å². The van der Waals surface area contributed by atoms with Crippen LogP contribution in [0.3, 0.4) is 0 Å². The molecule has 0 bridgehead atoms. The van der Waals surface area contributed by atoms with E-state index in [4.69, 9.17) is 9.47 Å². The summed E-state index contributed by atoms with van der Waals surface area (Å²) in [5.41, 5.74) is 2.19. The van der Waals surface area contributed by atoms with Crippen LogP contribution in [-0.4, -0.2) is 56.8 Å². The molecule has 3 heterocycles. The first-order chi connectivity index (χ1) is 14.1. The molecule has 1 saturated carbocycles. The predicted molar refractivity (Wildman–Crippen MR) is 105 cm³/mol. The van der Waals surface area contributed by atoms with Crippen molar-refractivity contribution < 1.29 is 19.7 Å². The van der Waals surface area contributed by atoms with E-state index in [1.807, 2.05) is 34.7 Å². The van der Waals surface area contributed by atoms with Crippen molar-refractivity contribution in [3.63, 3.8) is 0 Å². The number of hydrogen-bond acceptors (Lipinski definition) is 8. The minimum Gasteiger partial charge on any atom is -0.454 e. The van der Waals surface area contributed by atoms with Crippen molar-refractivity contribution in [2.45, 2.75) is 25.4 Å². The summed E-state index contributed by atoms with van der Waals surface area (Å²) in [5, 5.41) is 19.1. The van der Waals surface area contributed by atoms with Gasteiger partial charge in [-0.15, -0.1) is 0 Å². The van der Waals surface area contributed by atoms with Crippen LogP contribution in [-0.2, 0) is 6.54 Å². The number of hydrogen-bond donors (Lipinski definition) is 2. The highest BCUT2D eigenvalue weighted by Gasteiger charge is 2.44. The fraction of sp³-hybridized carbons (Fsp3) is 0.450. The number of nitrogens with zero attached hydrogens (tertiary/aromatic N) is 5. The highest BCUT2D eigenvalue weighted by Crippen LogP contribution is 2.48. The molecule has 152 valence electrons. The summed E-state index contributed by atoms with van der Waals surface area (Å²) in [4.78, 5) is 15.5. The first kappa shape index (κ1) is 18.1. The zero-order valence-electron chi connectivity index (χ0n) is 16.2. The third kappa shape index (κ3) is 2.97. The maximum atomic E-state index is 9.55. The van der Waals surface area contributed by atoms with Crippen molar-refractivity contribution >= 4 is 17.0 Å². The first-order valence-electron chi connectivity index (χ1n) is 9.61. The third-order valence-corrected chi connectivity index (χ3v) is 5.96. The molecule has 3 aromatic rings. The maximum Gasteiger partial charge on any atom is 0.231 e. The van der Waals surface area contributed by atoms with E-state index in [-0.39, 0.29) is 26.0 Å². The molecule has 0 atom stereocenters. The summed E-state index contributed by atoms with van der Waals surface area (Å²) in [6.45, 7) is 0.876. The Kier molecular flexibility index (Phi) is 4.29. The van der Waals surface area contributed by atoms with Crippen LogP contribution >= 0.6 is 0 Å². The van der Waals surface area contributed by atoms with Crippen molar-refractivity contribution in [2.24, 2.45) is 5.41 Å². The van der Waals surface area contributed by atoms with Gasteiger partial charge in [-0.05, 0) is 30.5 Å². The molecule has 0 amide bonds. The molecule has 0 unspecified atom stereocenters. The molecular weight excluding hydrogens is 374 g/mol. The van der Waals surface area contributed by atoms with Crippen molar-refractivity contribution in [3.8, 4) is 11.5 Å². The van der Waals surface area contributed by atoms with Crippen LogP contribution in [0.5, 0.6) is 11.5 Å². The molecule has 0 saturated heterocycles. The molecule has 2 aromatic heterocycles. The molecule has 1 aliphatic carbocycles. The number of fused-ring (bicyclic) bond motifs is 2. The van der Waals surface area contributed by atoms with Gasteiger partial charge in [0.25, 0.3) is 0 Å². The fourth-order valence-corrected chi connectivity index (χ4v) is 4.22. The van der Waals surface area contributed by atoms with Gasteiger partial charge in [0.05, 0.1) is 19.5 Å². The van der Waals surface area contributed by atoms with Gasteiger partial charge >= 0.3 is 0 Å². The zero-order chi connectivity index (χ0) is 20.0. The van der Waals surface area contributed by atoms with Gasteiger partial charge in [-0.2, -0.15) is 0 Å². The number of imidazole rings is 1. The lowest BCUT2D eigenvalue weighted by atomic mass is 9.66. The highest BCUT2D eigenvalue weighted by atomic mass is 16.7. The van der Waals surface area contributed by atoms with Gasteiger partial charge in [-0.1, -0.05) is 6.07 Å². The quantitative estimate of drug-likeness (QED) is 0.645. The van der Waals surface area contributed by atoms with E-state index >= 15 is 0 Å². The largest absolute Gasteiger partial charge is 0.454 e. The average molecular weight is 397 g/mol. The van der Waals surface area contributed by atoms with E-state index in [0.29, 0.717) is 19.4 Å². The lowest BCUT2D eigenvalue weighted by Gasteiger charge is -2.45. The number of aromatic nitrogens is 4. The van der Waals surface area contributed by atoms with Gasteiger partial charge in [0.1, 0.15) is 6.33 Å². The fourth-order valence-electron chi connectivity index (χ4n) is 4.22. The molecule has 5 rings (SSSR count). The monoisotopic (exact) mass is 397 g/mol. The Balaban J connectivity index is 1.39. The normalized spacial score (nSPS) is 17.5. The first-order valence-corrected chi connectivity index (χ1v) is 9.61. The third-order valence-electron chi connectivity index (χ3n) is 5.96. The Labute approximate surface area is 167 Å². The van der Waals surface area contributed by atoms with Crippen molar-refractivity contribution in [2.75, 3.05) is 32.0 Å². The summed E-state index contributed by atoms with van der Waals surface area (Å²) >= 11 is 0. The van der Waals surface area contributed by atoms with Crippen LogP contribution in [0.4, 0.5) is 5.82 Å². The number of benzene rings is 1. The number of aliphatic hydroxyl groups is 2. The van der Waals surface area contributed by atoms with Crippen LogP contribution in [0.1, 0.15) is 24.4 Å². The molecule has 2 N–H and O–H groups in total. The molecule has 1 aromatic carbocycles.